The molecule has 4 unspecified atom stereocenters. The molecule has 8 nitrogen and oxygen atoms in total. The summed E-state index contributed by atoms with van der Waals surface area (Å²) in [4.78, 5) is 14.6. The molecular weight excluding hydrogens is 274 g/mol. The molecule has 0 bridgehead atoms. The minimum absolute atomic E-state index is 0.126. The van der Waals surface area contributed by atoms with Crippen molar-refractivity contribution >= 4 is 17.0 Å². The number of aromatic nitrogens is 4. The van der Waals surface area contributed by atoms with Gasteiger partial charge in [0.05, 0.1) is 19.0 Å². The van der Waals surface area contributed by atoms with E-state index in [1.165, 1.54) is 6.33 Å². The topological polar surface area (TPSA) is 96.5 Å². The van der Waals surface area contributed by atoms with Crippen LogP contribution >= 0.6 is 0 Å². The maximum Gasteiger partial charge on any atom is 0.167 e. The highest BCUT2D eigenvalue weighted by atomic mass is 16.5. The van der Waals surface area contributed by atoms with E-state index in [2.05, 4.69) is 15.0 Å². The smallest absolute Gasteiger partial charge is 0.167 e. The minimum atomic E-state index is -0.725. The number of nitrogens with zero attached hydrogens (tertiary/aromatic N) is 5. The van der Waals surface area contributed by atoms with E-state index in [0.29, 0.717) is 17.0 Å². The van der Waals surface area contributed by atoms with Gasteiger partial charge in [-0.1, -0.05) is 6.92 Å². The third kappa shape index (κ3) is 2.15. The summed E-state index contributed by atoms with van der Waals surface area (Å²) in [5.41, 5.74) is 1.25. The predicted molar refractivity (Wildman–Crippen MR) is 75.8 cm³/mol. The van der Waals surface area contributed by atoms with Gasteiger partial charge in [0.1, 0.15) is 12.4 Å². The molecule has 2 aromatic rings. The standard InChI is InChI=1S/C13H19N5O3/c1-7-8(4-19)21-13(10(7)20)18-6-16-9-11(17(2)3)14-5-15-12(9)18/h5-8,10,13,19-20H,4H2,1-3H3. The summed E-state index contributed by atoms with van der Waals surface area (Å²) in [5.74, 6) is 0.547. The van der Waals surface area contributed by atoms with Gasteiger partial charge >= 0.3 is 0 Å². The van der Waals surface area contributed by atoms with Crippen molar-refractivity contribution < 1.29 is 14.9 Å². The lowest BCUT2D eigenvalue weighted by Gasteiger charge is -2.17. The van der Waals surface area contributed by atoms with Crippen LogP contribution in [0, 0.1) is 5.92 Å². The molecule has 0 aliphatic carbocycles. The first-order chi connectivity index (χ1) is 10.0. The third-order valence-electron chi connectivity index (χ3n) is 3.95. The molecular formula is C13H19N5O3. The summed E-state index contributed by atoms with van der Waals surface area (Å²) in [6, 6.07) is 0. The van der Waals surface area contributed by atoms with Crippen LogP contribution in [-0.4, -0.2) is 62.6 Å². The lowest BCUT2D eigenvalue weighted by molar-refractivity contribution is -0.0491. The number of aliphatic hydroxyl groups is 2. The Kier molecular flexibility index (Phi) is 3.52. The predicted octanol–water partition coefficient (Wildman–Crippen LogP) is -0.221. The second kappa shape index (κ2) is 5.21. The highest BCUT2D eigenvalue weighted by Crippen LogP contribution is 2.35. The molecule has 8 heteroatoms. The average molecular weight is 293 g/mol. The molecule has 1 saturated heterocycles. The Morgan fingerprint density at radius 3 is 2.71 bits per heavy atom. The molecule has 3 rings (SSSR count). The zero-order valence-electron chi connectivity index (χ0n) is 12.2. The highest BCUT2D eigenvalue weighted by Gasteiger charge is 2.42. The second-order valence-electron chi connectivity index (χ2n) is 5.51. The van der Waals surface area contributed by atoms with Gasteiger partial charge in [0, 0.05) is 20.0 Å². The lowest BCUT2D eigenvalue weighted by atomic mass is 10.0. The Bertz CT molecular complexity index is 644. The van der Waals surface area contributed by atoms with Gasteiger partial charge in [-0.25, -0.2) is 15.0 Å². The third-order valence-corrected chi connectivity index (χ3v) is 3.95. The van der Waals surface area contributed by atoms with Crippen molar-refractivity contribution in [3.63, 3.8) is 0 Å². The van der Waals surface area contributed by atoms with Gasteiger partial charge in [0.25, 0.3) is 0 Å². The van der Waals surface area contributed by atoms with Crippen molar-refractivity contribution in [1.29, 1.82) is 0 Å². The summed E-state index contributed by atoms with van der Waals surface area (Å²) in [6.45, 7) is 1.73. The van der Waals surface area contributed by atoms with Crippen LogP contribution in [0.1, 0.15) is 13.2 Å². The molecule has 0 amide bonds. The van der Waals surface area contributed by atoms with Gasteiger partial charge in [-0.3, -0.25) is 4.57 Å². The van der Waals surface area contributed by atoms with E-state index < -0.39 is 18.4 Å². The number of fused-ring (bicyclic) bond motifs is 1. The first-order valence-corrected chi connectivity index (χ1v) is 6.83. The number of hydrogen-bond donors (Lipinski definition) is 2. The molecule has 1 aliphatic rings. The van der Waals surface area contributed by atoms with Crippen molar-refractivity contribution in [3.8, 4) is 0 Å². The summed E-state index contributed by atoms with van der Waals surface area (Å²) >= 11 is 0. The average Bonchev–Trinajstić information content (AvgIpc) is 3.01. The molecule has 2 aromatic heterocycles. The van der Waals surface area contributed by atoms with E-state index >= 15 is 0 Å². The van der Waals surface area contributed by atoms with Crippen LogP contribution < -0.4 is 4.90 Å². The van der Waals surface area contributed by atoms with E-state index in [1.807, 2.05) is 25.9 Å². The number of aliphatic hydroxyl groups excluding tert-OH is 2. The van der Waals surface area contributed by atoms with Crippen LogP contribution in [0.25, 0.3) is 11.2 Å². The fraction of sp³-hybridized carbons (Fsp3) is 0.615. The Balaban J connectivity index is 2.04. The number of imidazole rings is 1. The molecule has 0 spiro atoms. The molecule has 3 heterocycles. The van der Waals surface area contributed by atoms with Crippen LogP contribution in [0.2, 0.25) is 0 Å². The molecule has 0 aromatic carbocycles. The Morgan fingerprint density at radius 1 is 1.33 bits per heavy atom. The van der Waals surface area contributed by atoms with Crippen molar-refractivity contribution in [2.45, 2.75) is 25.4 Å². The molecule has 114 valence electrons. The summed E-state index contributed by atoms with van der Waals surface area (Å²) in [7, 11) is 3.76. The highest BCUT2D eigenvalue weighted by molar-refractivity contribution is 5.83. The SMILES string of the molecule is CC1C(CO)OC(n2cnc3c(N(C)C)ncnc32)C1O. The number of anilines is 1. The molecule has 0 radical (unpaired) electrons. The maximum atomic E-state index is 10.3. The number of hydrogen-bond acceptors (Lipinski definition) is 7. The maximum absolute atomic E-state index is 10.3. The normalized spacial score (nSPS) is 29.2. The zero-order chi connectivity index (χ0) is 15.1. The van der Waals surface area contributed by atoms with Gasteiger partial charge in [0.2, 0.25) is 0 Å². The summed E-state index contributed by atoms with van der Waals surface area (Å²) < 4.78 is 7.43. The van der Waals surface area contributed by atoms with Crippen molar-refractivity contribution in [2.75, 3.05) is 25.6 Å². The molecule has 2 N–H and O–H groups in total. The zero-order valence-corrected chi connectivity index (χ0v) is 12.2. The quantitative estimate of drug-likeness (QED) is 0.807. The Hall–Kier alpha value is -1.77. The van der Waals surface area contributed by atoms with E-state index in [1.54, 1.807) is 10.9 Å². The Labute approximate surface area is 122 Å². The van der Waals surface area contributed by atoms with Crippen molar-refractivity contribution in [3.05, 3.63) is 12.7 Å². The van der Waals surface area contributed by atoms with Crippen molar-refractivity contribution in [1.82, 2.24) is 19.5 Å². The molecule has 4 atom stereocenters. The van der Waals surface area contributed by atoms with E-state index in [9.17, 15) is 10.2 Å². The van der Waals surface area contributed by atoms with E-state index in [4.69, 9.17) is 4.74 Å². The molecule has 1 aliphatic heterocycles. The van der Waals surface area contributed by atoms with Crippen LogP contribution in [0.15, 0.2) is 12.7 Å². The van der Waals surface area contributed by atoms with Gasteiger partial charge < -0.3 is 19.8 Å². The first-order valence-electron chi connectivity index (χ1n) is 6.83. The van der Waals surface area contributed by atoms with Crippen LogP contribution in [0.5, 0.6) is 0 Å². The van der Waals surface area contributed by atoms with Gasteiger partial charge in [-0.2, -0.15) is 0 Å². The molecule has 1 fully saturated rings. The van der Waals surface area contributed by atoms with Crippen LogP contribution in [0.4, 0.5) is 5.82 Å². The van der Waals surface area contributed by atoms with Crippen LogP contribution in [-0.2, 0) is 4.74 Å². The fourth-order valence-electron chi connectivity index (χ4n) is 2.66. The van der Waals surface area contributed by atoms with Crippen molar-refractivity contribution in [2.24, 2.45) is 5.92 Å². The van der Waals surface area contributed by atoms with Gasteiger partial charge in [0.15, 0.2) is 23.2 Å². The Morgan fingerprint density at radius 2 is 2.10 bits per heavy atom. The van der Waals surface area contributed by atoms with Crippen LogP contribution in [0.3, 0.4) is 0 Å². The van der Waals surface area contributed by atoms with E-state index in [-0.39, 0.29) is 12.5 Å². The van der Waals surface area contributed by atoms with E-state index in [0.717, 1.165) is 0 Å². The largest absolute Gasteiger partial charge is 0.394 e. The fourth-order valence-corrected chi connectivity index (χ4v) is 2.66. The summed E-state index contributed by atoms with van der Waals surface area (Å²) in [5, 5.41) is 19.6. The molecule has 0 saturated carbocycles. The van der Waals surface area contributed by atoms with Gasteiger partial charge in [-0.15, -0.1) is 0 Å². The number of ether oxygens (including phenoxy) is 1. The lowest BCUT2D eigenvalue weighted by Crippen LogP contribution is -2.25. The molecule has 21 heavy (non-hydrogen) atoms. The number of rotatable bonds is 3. The minimum Gasteiger partial charge on any atom is -0.394 e. The summed E-state index contributed by atoms with van der Waals surface area (Å²) in [6.07, 6.45) is 1.33. The second-order valence-corrected chi connectivity index (χ2v) is 5.51. The first kappa shape index (κ1) is 14.2. The van der Waals surface area contributed by atoms with Gasteiger partial charge in [-0.05, 0) is 0 Å². The monoisotopic (exact) mass is 293 g/mol.